The lowest BCUT2D eigenvalue weighted by Crippen LogP contribution is -2.40. The Hall–Kier alpha value is -2.17. The largest absolute Gasteiger partial charge is 0.342 e. The van der Waals surface area contributed by atoms with Crippen LogP contribution in [0.3, 0.4) is 0 Å². The van der Waals surface area contributed by atoms with Gasteiger partial charge in [-0.15, -0.1) is 0 Å². The number of carbonyl (C=O) groups excluding carboxylic acids is 1. The van der Waals surface area contributed by atoms with Crippen LogP contribution in [0.1, 0.15) is 56.0 Å². The molecule has 2 aromatic rings. The van der Waals surface area contributed by atoms with Crippen molar-refractivity contribution < 1.29 is 4.79 Å². The highest BCUT2D eigenvalue weighted by atomic mass is 16.2. The molecule has 1 amide bonds. The van der Waals surface area contributed by atoms with Crippen molar-refractivity contribution in [3.05, 3.63) is 42.1 Å². The number of hydrogen-bond acceptors (Lipinski definition) is 3. The number of amides is 1. The van der Waals surface area contributed by atoms with Gasteiger partial charge in [0.25, 0.3) is 0 Å². The lowest BCUT2D eigenvalue weighted by molar-refractivity contribution is -0.136. The maximum absolute atomic E-state index is 12.6. The predicted octanol–water partition coefficient (Wildman–Crippen LogP) is 3.47. The van der Waals surface area contributed by atoms with Gasteiger partial charge in [-0.25, -0.2) is 9.97 Å². The Morgan fingerprint density at radius 3 is 2.56 bits per heavy atom. The lowest BCUT2D eigenvalue weighted by atomic mass is 9.92. The van der Waals surface area contributed by atoms with Crippen LogP contribution in [0.5, 0.6) is 0 Å². The Balaban J connectivity index is 1.42. The Labute approximate surface area is 149 Å². The SMILES string of the molecule is Cc1nccn1-c1cccc(C2CCN(C(=O)C3CCCC3)CC2)n1. The molecule has 25 heavy (non-hydrogen) atoms. The second-order valence-electron chi connectivity index (χ2n) is 7.35. The minimum Gasteiger partial charge on any atom is -0.342 e. The average Bonchev–Trinajstić information content (AvgIpc) is 3.33. The normalized spacial score (nSPS) is 19.5. The molecule has 2 aliphatic rings. The van der Waals surface area contributed by atoms with Gasteiger partial charge in [-0.2, -0.15) is 0 Å². The van der Waals surface area contributed by atoms with Crippen molar-refractivity contribution in [2.45, 2.75) is 51.4 Å². The molecule has 3 heterocycles. The Bertz CT molecular complexity index is 740. The molecule has 4 rings (SSSR count). The number of piperidine rings is 1. The molecule has 1 aliphatic heterocycles. The summed E-state index contributed by atoms with van der Waals surface area (Å²) in [6.45, 7) is 3.73. The van der Waals surface area contributed by atoms with Crippen LogP contribution in [0.25, 0.3) is 5.82 Å². The maximum atomic E-state index is 12.6. The minimum atomic E-state index is 0.294. The van der Waals surface area contributed by atoms with E-state index in [-0.39, 0.29) is 0 Å². The third-order valence-electron chi connectivity index (χ3n) is 5.76. The zero-order valence-corrected chi connectivity index (χ0v) is 14.9. The summed E-state index contributed by atoms with van der Waals surface area (Å²) in [5, 5.41) is 0. The number of nitrogens with zero attached hydrogens (tertiary/aromatic N) is 4. The summed E-state index contributed by atoms with van der Waals surface area (Å²) in [5.74, 6) is 3.00. The molecule has 2 fully saturated rings. The first kappa shape index (κ1) is 16.3. The van der Waals surface area contributed by atoms with Crippen LogP contribution in [0, 0.1) is 12.8 Å². The van der Waals surface area contributed by atoms with E-state index in [0.717, 1.165) is 56.1 Å². The summed E-state index contributed by atoms with van der Waals surface area (Å²) < 4.78 is 2.02. The topological polar surface area (TPSA) is 51.0 Å². The molecular weight excluding hydrogens is 312 g/mol. The summed E-state index contributed by atoms with van der Waals surface area (Å²) in [7, 11) is 0. The van der Waals surface area contributed by atoms with Gasteiger partial charge >= 0.3 is 0 Å². The van der Waals surface area contributed by atoms with Crippen LogP contribution in [-0.4, -0.2) is 38.4 Å². The van der Waals surface area contributed by atoms with E-state index in [9.17, 15) is 4.79 Å². The second kappa shape index (κ2) is 6.98. The van der Waals surface area contributed by atoms with Crippen LogP contribution in [0.4, 0.5) is 0 Å². The van der Waals surface area contributed by atoms with Crippen molar-refractivity contribution >= 4 is 5.91 Å². The highest BCUT2D eigenvalue weighted by molar-refractivity contribution is 5.79. The maximum Gasteiger partial charge on any atom is 0.225 e. The van der Waals surface area contributed by atoms with Gasteiger partial charge in [0.05, 0.1) is 0 Å². The number of carbonyl (C=O) groups is 1. The molecule has 1 saturated heterocycles. The summed E-state index contributed by atoms with van der Waals surface area (Å²) in [6.07, 6.45) is 10.4. The summed E-state index contributed by atoms with van der Waals surface area (Å²) in [6, 6.07) is 6.22. The van der Waals surface area contributed by atoms with Gasteiger partial charge in [0.1, 0.15) is 11.6 Å². The van der Waals surface area contributed by atoms with Crippen LogP contribution >= 0.6 is 0 Å². The Morgan fingerprint density at radius 2 is 1.88 bits per heavy atom. The van der Waals surface area contributed by atoms with Crippen molar-refractivity contribution in [2.24, 2.45) is 5.92 Å². The molecule has 5 heteroatoms. The van der Waals surface area contributed by atoms with Crippen molar-refractivity contribution in [2.75, 3.05) is 13.1 Å². The number of rotatable bonds is 3. The first-order valence-electron chi connectivity index (χ1n) is 9.48. The molecule has 0 spiro atoms. The van der Waals surface area contributed by atoms with E-state index >= 15 is 0 Å². The Kier molecular flexibility index (Phi) is 4.55. The smallest absolute Gasteiger partial charge is 0.225 e. The fraction of sp³-hybridized carbons (Fsp3) is 0.550. The molecule has 1 saturated carbocycles. The van der Waals surface area contributed by atoms with E-state index in [1.165, 1.54) is 12.8 Å². The number of likely N-dealkylation sites (tertiary alicyclic amines) is 1. The molecular formula is C20H26N4O. The fourth-order valence-corrected chi connectivity index (χ4v) is 4.25. The third kappa shape index (κ3) is 3.32. The lowest BCUT2D eigenvalue weighted by Gasteiger charge is -2.33. The highest BCUT2D eigenvalue weighted by Gasteiger charge is 2.30. The van der Waals surface area contributed by atoms with Gasteiger partial charge in [0, 0.05) is 43.0 Å². The molecule has 0 atom stereocenters. The molecule has 0 unspecified atom stereocenters. The molecule has 132 valence electrons. The monoisotopic (exact) mass is 338 g/mol. The van der Waals surface area contributed by atoms with Crippen molar-refractivity contribution in [1.82, 2.24) is 19.4 Å². The van der Waals surface area contributed by atoms with Gasteiger partial charge < -0.3 is 4.90 Å². The molecule has 0 bridgehead atoms. The van der Waals surface area contributed by atoms with Gasteiger partial charge in [-0.05, 0) is 44.7 Å². The quantitative estimate of drug-likeness (QED) is 0.861. The van der Waals surface area contributed by atoms with E-state index in [0.29, 0.717) is 17.7 Å². The number of hydrogen-bond donors (Lipinski definition) is 0. The number of aryl methyl sites for hydroxylation is 1. The molecule has 0 N–H and O–H groups in total. The van der Waals surface area contributed by atoms with Gasteiger partial charge in [0.2, 0.25) is 5.91 Å². The van der Waals surface area contributed by atoms with Crippen LogP contribution in [0.15, 0.2) is 30.6 Å². The number of imidazole rings is 1. The molecule has 0 radical (unpaired) electrons. The second-order valence-corrected chi connectivity index (χ2v) is 7.35. The van der Waals surface area contributed by atoms with E-state index in [1.807, 2.05) is 23.8 Å². The van der Waals surface area contributed by atoms with Crippen LogP contribution < -0.4 is 0 Å². The van der Waals surface area contributed by atoms with Crippen LogP contribution in [0.2, 0.25) is 0 Å². The first-order valence-corrected chi connectivity index (χ1v) is 9.48. The molecule has 2 aromatic heterocycles. The molecule has 0 aromatic carbocycles. The minimum absolute atomic E-state index is 0.294. The van der Waals surface area contributed by atoms with Crippen LogP contribution in [-0.2, 0) is 4.79 Å². The van der Waals surface area contributed by atoms with Gasteiger partial charge in [-0.1, -0.05) is 18.9 Å². The zero-order valence-electron chi connectivity index (χ0n) is 14.9. The van der Waals surface area contributed by atoms with E-state index in [4.69, 9.17) is 4.98 Å². The van der Waals surface area contributed by atoms with E-state index in [2.05, 4.69) is 22.0 Å². The fourth-order valence-electron chi connectivity index (χ4n) is 4.25. The summed E-state index contributed by atoms with van der Waals surface area (Å²) >= 11 is 0. The highest BCUT2D eigenvalue weighted by Crippen LogP contribution is 2.31. The summed E-state index contributed by atoms with van der Waals surface area (Å²) in [4.78, 5) is 23.8. The van der Waals surface area contributed by atoms with Gasteiger partial charge in [-0.3, -0.25) is 9.36 Å². The van der Waals surface area contributed by atoms with Crippen molar-refractivity contribution in [3.63, 3.8) is 0 Å². The first-order chi connectivity index (χ1) is 12.2. The number of pyridine rings is 1. The zero-order chi connectivity index (χ0) is 17.2. The third-order valence-corrected chi connectivity index (χ3v) is 5.76. The van der Waals surface area contributed by atoms with Crippen molar-refractivity contribution in [3.8, 4) is 5.82 Å². The van der Waals surface area contributed by atoms with Crippen molar-refractivity contribution in [1.29, 1.82) is 0 Å². The summed E-state index contributed by atoms with van der Waals surface area (Å²) in [5.41, 5.74) is 1.14. The van der Waals surface area contributed by atoms with E-state index in [1.54, 1.807) is 6.20 Å². The van der Waals surface area contributed by atoms with Gasteiger partial charge in [0.15, 0.2) is 0 Å². The Morgan fingerprint density at radius 1 is 1.12 bits per heavy atom. The predicted molar refractivity (Wildman–Crippen MR) is 96.6 cm³/mol. The molecule has 5 nitrogen and oxygen atoms in total. The molecule has 1 aliphatic carbocycles. The standard InChI is InChI=1S/C20H26N4O/c1-15-21-11-14-24(15)19-8-4-7-18(22-19)16-9-12-23(13-10-16)20(25)17-5-2-3-6-17/h4,7-8,11,14,16-17H,2-3,5-6,9-10,12-13H2,1H3. The number of aromatic nitrogens is 3. The van der Waals surface area contributed by atoms with E-state index < -0.39 is 0 Å². The average molecular weight is 338 g/mol.